The molecule has 132 valence electrons. The molecule has 1 N–H and O–H groups in total. The van der Waals surface area contributed by atoms with E-state index in [-0.39, 0.29) is 5.91 Å². The Hall–Kier alpha value is -2.47. The van der Waals surface area contributed by atoms with Crippen LogP contribution in [0.4, 0.5) is 10.1 Å². The summed E-state index contributed by atoms with van der Waals surface area (Å²) >= 11 is 0. The van der Waals surface area contributed by atoms with Gasteiger partial charge in [-0.25, -0.2) is 4.98 Å². The third-order valence-corrected chi connectivity index (χ3v) is 4.39. The van der Waals surface area contributed by atoms with Gasteiger partial charge >= 0.3 is 0 Å². The number of nitrogens with zero attached hydrogens (tertiary/aromatic N) is 3. The molecule has 25 heavy (non-hydrogen) atoms. The highest BCUT2D eigenvalue weighted by molar-refractivity contribution is 5.78. The van der Waals surface area contributed by atoms with E-state index in [1.807, 2.05) is 24.3 Å². The summed E-state index contributed by atoms with van der Waals surface area (Å²) in [4.78, 5) is 19.9. The van der Waals surface area contributed by atoms with Gasteiger partial charge < -0.3 is 10.2 Å². The number of piperazine rings is 1. The van der Waals surface area contributed by atoms with Crippen molar-refractivity contribution in [3.8, 4) is 0 Å². The summed E-state index contributed by atoms with van der Waals surface area (Å²) in [6.07, 6.45) is 2.32. The molecule has 1 aromatic carbocycles. The average molecular weight is 342 g/mol. The predicted octanol–water partition coefficient (Wildman–Crippen LogP) is 1.70. The maximum absolute atomic E-state index is 13.2. The zero-order chi connectivity index (χ0) is 17.5. The van der Waals surface area contributed by atoms with Crippen LogP contribution in [0.2, 0.25) is 0 Å². The quantitative estimate of drug-likeness (QED) is 0.812. The lowest BCUT2D eigenvalue weighted by molar-refractivity contribution is -0.122. The highest BCUT2D eigenvalue weighted by Gasteiger charge is 2.19. The van der Waals surface area contributed by atoms with Gasteiger partial charge in [-0.15, -0.1) is 0 Å². The predicted molar refractivity (Wildman–Crippen MR) is 96.0 cm³/mol. The van der Waals surface area contributed by atoms with Crippen LogP contribution < -0.4 is 10.2 Å². The third kappa shape index (κ3) is 5.26. The molecule has 0 spiro atoms. The van der Waals surface area contributed by atoms with Gasteiger partial charge in [-0.1, -0.05) is 30.3 Å². The number of anilines is 1. The lowest BCUT2D eigenvalue weighted by atomic mass is 10.1. The molecule has 0 atom stereocenters. The molecule has 0 unspecified atom stereocenters. The van der Waals surface area contributed by atoms with Crippen LogP contribution in [0, 0.1) is 5.95 Å². The van der Waals surface area contributed by atoms with Crippen molar-refractivity contribution in [2.45, 2.75) is 6.42 Å². The van der Waals surface area contributed by atoms with Gasteiger partial charge in [0.05, 0.1) is 6.54 Å². The maximum Gasteiger partial charge on any atom is 0.234 e. The fourth-order valence-electron chi connectivity index (χ4n) is 3.00. The number of pyridine rings is 1. The second-order valence-electron chi connectivity index (χ2n) is 6.19. The molecule has 1 saturated heterocycles. The molecule has 1 aliphatic rings. The fourth-order valence-corrected chi connectivity index (χ4v) is 3.00. The number of amides is 1. The van der Waals surface area contributed by atoms with Crippen LogP contribution in [0.25, 0.3) is 0 Å². The lowest BCUT2D eigenvalue weighted by Gasteiger charge is -2.35. The highest BCUT2D eigenvalue weighted by atomic mass is 19.1. The van der Waals surface area contributed by atoms with E-state index >= 15 is 0 Å². The van der Waals surface area contributed by atoms with E-state index in [1.165, 1.54) is 17.8 Å². The van der Waals surface area contributed by atoms with Crippen molar-refractivity contribution in [3.63, 3.8) is 0 Å². The third-order valence-electron chi connectivity index (χ3n) is 4.39. The Morgan fingerprint density at radius 3 is 2.60 bits per heavy atom. The van der Waals surface area contributed by atoms with Crippen LogP contribution in [0.3, 0.4) is 0 Å². The normalized spacial score (nSPS) is 15.2. The first-order chi connectivity index (χ1) is 12.2. The van der Waals surface area contributed by atoms with Crippen LogP contribution in [0.1, 0.15) is 5.56 Å². The number of nitrogens with one attached hydrogen (secondary N) is 1. The molecule has 0 saturated carbocycles. The van der Waals surface area contributed by atoms with Crippen LogP contribution in [0.5, 0.6) is 0 Å². The molecular formula is C19H23FN4O. The van der Waals surface area contributed by atoms with Gasteiger partial charge in [0.15, 0.2) is 0 Å². The second kappa shape index (κ2) is 8.58. The van der Waals surface area contributed by atoms with Crippen LogP contribution in [-0.2, 0) is 11.2 Å². The zero-order valence-corrected chi connectivity index (χ0v) is 14.2. The summed E-state index contributed by atoms with van der Waals surface area (Å²) in [5.74, 6) is -0.405. The van der Waals surface area contributed by atoms with Gasteiger partial charge in [-0.05, 0) is 18.1 Å². The molecule has 1 amide bonds. The van der Waals surface area contributed by atoms with Crippen molar-refractivity contribution >= 4 is 11.6 Å². The molecule has 6 heteroatoms. The minimum atomic E-state index is -0.460. The smallest absolute Gasteiger partial charge is 0.234 e. The van der Waals surface area contributed by atoms with E-state index in [0.29, 0.717) is 13.1 Å². The zero-order valence-electron chi connectivity index (χ0n) is 14.2. The van der Waals surface area contributed by atoms with Crippen molar-refractivity contribution < 1.29 is 9.18 Å². The first kappa shape index (κ1) is 17.4. The molecule has 0 aliphatic carbocycles. The number of carbonyl (C=O) groups is 1. The van der Waals surface area contributed by atoms with Crippen molar-refractivity contribution in [2.75, 3.05) is 44.2 Å². The van der Waals surface area contributed by atoms with E-state index < -0.39 is 5.95 Å². The lowest BCUT2D eigenvalue weighted by Crippen LogP contribution is -2.49. The minimum Gasteiger partial charge on any atom is -0.369 e. The molecule has 3 rings (SSSR count). The number of carbonyl (C=O) groups excluding carboxylic acids is 1. The SMILES string of the molecule is O=C(CN1CCN(c2ccnc(F)c2)CC1)NCCc1ccccc1. The van der Waals surface area contributed by atoms with Crippen LogP contribution in [-0.4, -0.2) is 55.1 Å². The van der Waals surface area contributed by atoms with Crippen LogP contribution in [0.15, 0.2) is 48.7 Å². The summed E-state index contributed by atoms with van der Waals surface area (Å²) in [5, 5.41) is 2.98. The standard InChI is InChI=1S/C19H23FN4O/c20-18-14-17(7-9-21-18)24-12-10-23(11-13-24)15-19(25)22-8-6-16-4-2-1-3-5-16/h1-5,7,9,14H,6,8,10-13,15H2,(H,22,25). The average Bonchev–Trinajstić information content (AvgIpc) is 2.63. The summed E-state index contributed by atoms with van der Waals surface area (Å²) < 4.78 is 13.2. The number of rotatable bonds is 6. The van der Waals surface area contributed by atoms with Gasteiger partial charge in [-0.2, -0.15) is 4.39 Å². The molecule has 0 radical (unpaired) electrons. The topological polar surface area (TPSA) is 48.5 Å². The molecule has 2 heterocycles. The van der Waals surface area contributed by atoms with Crippen molar-refractivity contribution in [2.24, 2.45) is 0 Å². The molecule has 1 aromatic heterocycles. The highest BCUT2D eigenvalue weighted by Crippen LogP contribution is 2.16. The molecule has 1 fully saturated rings. The minimum absolute atomic E-state index is 0.0549. The Balaban J connectivity index is 1.37. The number of hydrogen-bond donors (Lipinski definition) is 1. The first-order valence-corrected chi connectivity index (χ1v) is 8.60. The van der Waals surface area contributed by atoms with Crippen LogP contribution >= 0.6 is 0 Å². The summed E-state index contributed by atoms with van der Waals surface area (Å²) in [5.41, 5.74) is 2.07. The van der Waals surface area contributed by atoms with E-state index in [0.717, 1.165) is 38.3 Å². The number of halogens is 1. The Kier molecular flexibility index (Phi) is 5.95. The Labute approximate surface area is 147 Å². The number of hydrogen-bond acceptors (Lipinski definition) is 4. The molecule has 2 aromatic rings. The fraction of sp³-hybridized carbons (Fsp3) is 0.368. The Morgan fingerprint density at radius 2 is 1.88 bits per heavy atom. The summed E-state index contributed by atoms with van der Waals surface area (Å²) in [6, 6.07) is 13.4. The van der Waals surface area contributed by atoms with Crippen molar-refractivity contribution in [3.05, 3.63) is 60.2 Å². The monoisotopic (exact) mass is 342 g/mol. The van der Waals surface area contributed by atoms with Crippen molar-refractivity contribution in [1.82, 2.24) is 15.2 Å². The van der Waals surface area contributed by atoms with Crippen molar-refractivity contribution in [1.29, 1.82) is 0 Å². The maximum atomic E-state index is 13.2. The molecule has 5 nitrogen and oxygen atoms in total. The number of aromatic nitrogens is 1. The van der Waals surface area contributed by atoms with E-state index in [9.17, 15) is 9.18 Å². The van der Waals surface area contributed by atoms with Gasteiger partial charge in [0.1, 0.15) is 0 Å². The summed E-state index contributed by atoms with van der Waals surface area (Å²) in [7, 11) is 0. The molecule has 1 aliphatic heterocycles. The van der Waals surface area contributed by atoms with E-state index in [4.69, 9.17) is 0 Å². The number of benzene rings is 1. The van der Waals surface area contributed by atoms with Gasteiger partial charge in [0, 0.05) is 50.7 Å². The van der Waals surface area contributed by atoms with Gasteiger partial charge in [0.2, 0.25) is 11.9 Å². The molecular weight excluding hydrogens is 319 g/mol. The van der Waals surface area contributed by atoms with E-state index in [2.05, 4.69) is 32.2 Å². The van der Waals surface area contributed by atoms with E-state index in [1.54, 1.807) is 0 Å². The Bertz CT molecular complexity index is 687. The van der Waals surface area contributed by atoms with Gasteiger partial charge in [0.25, 0.3) is 0 Å². The van der Waals surface area contributed by atoms with Gasteiger partial charge in [-0.3, -0.25) is 9.69 Å². The second-order valence-corrected chi connectivity index (χ2v) is 6.19. The summed E-state index contributed by atoms with van der Waals surface area (Å²) in [6.45, 7) is 4.19. The first-order valence-electron chi connectivity index (χ1n) is 8.60. The Morgan fingerprint density at radius 1 is 1.12 bits per heavy atom. The molecule has 0 bridgehead atoms. The largest absolute Gasteiger partial charge is 0.369 e.